The van der Waals surface area contributed by atoms with Gasteiger partial charge in [0.1, 0.15) is 0 Å². The second-order valence-electron chi connectivity index (χ2n) is 5.39. The Bertz CT molecular complexity index is 244. The summed E-state index contributed by atoms with van der Waals surface area (Å²) in [5.41, 5.74) is 1.64. The summed E-state index contributed by atoms with van der Waals surface area (Å²) in [6.07, 6.45) is 6.59. The van der Waals surface area contributed by atoms with Crippen LogP contribution in [0, 0.1) is 23.7 Å². The average Bonchev–Trinajstić information content (AvgIpc) is 2.25. The molecule has 1 saturated carbocycles. The molecule has 4 unspecified atom stereocenters. The van der Waals surface area contributed by atoms with Crippen LogP contribution in [0.1, 0.15) is 40.0 Å². The lowest BCUT2D eigenvalue weighted by molar-refractivity contribution is 0.0326. The van der Waals surface area contributed by atoms with Gasteiger partial charge in [-0.3, -0.25) is 0 Å². The molecule has 15 heavy (non-hydrogen) atoms. The second-order valence-corrected chi connectivity index (χ2v) is 5.39. The summed E-state index contributed by atoms with van der Waals surface area (Å²) in [5.74, 6) is 3.46. The zero-order chi connectivity index (χ0) is 10.8. The van der Waals surface area contributed by atoms with Crippen molar-refractivity contribution in [2.75, 3.05) is 13.2 Å². The minimum absolute atomic E-state index is 0.803. The van der Waals surface area contributed by atoms with E-state index in [1.807, 2.05) is 0 Å². The lowest BCUT2D eigenvalue weighted by atomic mass is 9.63. The van der Waals surface area contributed by atoms with Crippen molar-refractivity contribution in [2.45, 2.75) is 40.0 Å². The Kier molecular flexibility index (Phi) is 3.50. The Morgan fingerprint density at radius 2 is 2.20 bits per heavy atom. The van der Waals surface area contributed by atoms with Gasteiger partial charge in [0, 0.05) is 13.2 Å². The Balaban J connectivity index is 2.01. The van der Waals surface area contributed by atoms with E-state index < -0.39 is 0 Å². The third-order valence-corrected chi connectivity index (χ3v) is 4.58. The van der Waals surface area contributed by atoms with Gasteiger partial charge < -0.3 is 4.74 Å². The van der Waals surface area contributed by atoms with Gasteiger partial charge in [-0.05, 0) is 56.8 Å². The molecule has 0 spiro atoms. The van der Waals surface area contributed by atoms with Crippen molar-refractivity contribution in [2.24, 2.45) is 23.7 Å². The van der Waals surface area contributed by atoms with Crippen molar-refractivity contribution < 1.29 is 4.74 Å². The molecule has 0 amide bonds. The van der Waals surface area contributed by atoms with Gasteiger partial charge in [-0.25, -0.2) is 0 Å². The zero-order valence-corrected chi connectivity index (χ0v) is 10.3. The van der Waals surface area contributed by atoms with E-state index in [9.17, 15) is 0 Å². The third kappa shape index (κ3) is 2.28. The van der Waals surface area contributed by atoms with Gasteiger partial charge in [0.15, 0.2) is 0 Å². The fourth-order valence-corrected chi connectivity index (χ4v) is 3.32. The van der Waals surface area contributed by atoms with Crippen molar-refractivity contribution in [3.63, 3.8) is 0 Å². The van der Waals surface area contributed by atoms with Gasteiger partial charge in [-0.15, -0.1) is 0 Å². The first-order chi connectivity index (χ1) is 7.22. The van der Waals surface area contributed by atoms with Crippen LogP contribution in [-0.2, 0) is 4.74 Å². The van der Waals surface area contributed by atoms with Crippen LogP contribution in [0.2, 0.25) is 0 Å². The molecule has 2 aliphatic rings. The predicted octanol–water partition coefficient (Wildman–Crippen LogP) is 3.65. The maximum atomic E-state index is 5.62. The molecule has 2 bridgehead atoms. The largest absolute Gasteiger partial charge is 0.381 e. The first-order valence-corrected chi connectivity index (χ1v) is 6.46. The van der Waals surface area contributed by atoms with Crippen LogP contribution in [0.5, 0.6) is 0 Å². The number of rotatable bonds is 3. The molecule has 1 nitrogen and oxygen atoms in total. The molecule has 1 fully saturated rings. The summed E-state index contributed by atoms with van der Waals surface area (Å²) < 4.78 is 5.62. The van der Waals surface area contributed by atoms with Crippen LogP contribution < -0.4 is 0 Å². The first kappa shape index (κ1) is 11.2. The minimum Gasteiger partial charge on any atom is -0.381 e. The van der Waals surface area contributed by atoms with Gasteiger partial charge in [0.2, 0.25) is 0 Å². The van der Waals surface area contributed by atoms with Crippen LogP contribution in [0.15, 0.2) is 11.6 Å². The normalized spacial score (nSPS) is 40.1. The summed E-state index contributed by atoms with van der Waals surface area (Å²) in [6, 6.07) is 0. The first-order valence-electron chi connectivity index (χ1n) is 6.46. The van der Waals surface area contributed by atoms with Crippen LogP contribution >= 0.6 is 0 Å². The molecular formula is C14H24O. The van der Waals surface area contributed by atoms with Crippen molar-refractivity contribution in [3.05, 3.63) is 11.6 Å². The highest BCUT2D eigenvalue weighted by Crippen LogP contribution is 2.45. The molecule has 0 N–H and O–H groups in total. The summed E-state index contributed by atoms with van der Waals surface area (Å²) in [6.45, 7) is 8.69. The van der Waals surface area contributed by atoms with E-state index in [0.717, 1.165) is 36.9 Å². The molecule has 1 heteroatoms. The number of fused-ring (bicyclic) bond motifs is 2. The molecule has 0 heterocycles. The minimum atomic E-state index is 0.803. The van der Waals surface area contributed by atoms with Gasteiger partial charge in [0.25, 0.3) is 0 Å². The fraction of sp³-hybridized carbons (Fsp3) is 0.857. The summed E-state index contributed by atoms with van der Waals surface area (Å²) >= 11 is 0. The lowest BCUT2D eigenvalue weighted by Crippen LogP contribution is -2.35. The van der Waals surface area contributed by atoms with Crippen LogP contribution in [0.4, 0.5) is 0 Å². The molecule has 2 aliphatic carbocycles. The van der Waals surface area contributed by atoms with E-state index >= 15 is 0 Å². The molecule has 0 saturated heterocycles. The Morgan fingerprint density at radius 3 is 2.93 bits per heavy atom. The van der Waals surface area contributed by atoms with Gasteiger partial charge in [0.05, 0.1) is 0 Å². The molecule has 0 radical (unpaired) electrons. The third-order valence-electron chi connectivity index (χ3n) is 4.58. The van der Waals surface area contributed by atoms with Crippen LogP contribution in [0.3, 0.4) is 0 Å². The van der Waals surface area contributed by atoms with E-state index in [0.29, 0.717) is 0 Å². The van der Waals surface area contributed by atoms with Gasteiger partial charge in [-0.1, -0.05) is 18.6 Å². The molecule has 86 valence electrons. The van der Waals surface area contributed by atoms with Crippen molar-refractivity contribution in [1.82, 2.24) is 0 Å². The van der Waals surface area contributed by atoms with Crippen LogP contribution in [-0.4, -0.2) is 13.2 Å². The van der Waals surface area contributed by atoms with E-state index in [4.69, 9.17) is 4.74 Å². The average molecular weight is 208 g/mol. The highest BCUT2D eigenvalue weighted by Gasteiger charge is 2.37. The number of hydrogen-bond acceptors (Lipinski definition) is 1. The number of hydrogen-bond donors (Lipinski definition) is 0. The standard InChI is InChI=1S/C14H24O/c1-4-15-9-14-8-13-7-12(11(14)3)6-5-10(13)2/h5,11-14H,4,6-9H2,1-3H3. The molecule has 0 aromatic heterocycles. The monoisotopic (exact) mass is 208 g/mol. The summed E-state index contributed by atoms with van der Waals surface area (Å²) in [4.78, 5) is 0. The molecular weight excluding hydrogens is 184 g/mol. The lowest BCUT2D eigenvalue weighted by Gasteiger charge is -2.43. The molecule has 0 aromatic rings. The topological polar surface area (TPSA) is 9.23 Å². The van der Waals surface area contributed by atoms with E-state index in [2.05, 4.69) is 26.8 Å². The van der Waals surface area contributed by atoms with E-state index in [1.54, 1.807) is 5.57 Å². The summed E-state index contributed by atoms with van der Waals surface area (Å²) in [5, 5.41) is 0. The molecule has 4 atom stereocenters. The summed E-state index contributed by atoms with van der Waals surface area (Å²) in [7, 11) is 0. The molecule has 0 aliphatic heterocycles. The maximum absolute atomic E-state index is 5.62. The Morgan fingerprint density at radius 1 is 1.40 bits per heavy atom. The van der Waals surface area contributed by atoms with E-state index in [-0.39, 0.29) is 0 Å². The zero-order valence-electron chi connectivity index (χ0n) is 10.3. The van der Waals surface area contributed by atoms with Crippen LogP contribution in [0.25, 0.3) is 0 Å². The quantitative estimate of drug-likeness (QED) is 0.643. The number of allylic oxidation sites excluding steroid dienone is 2. The van der Waals surface area contributed by atoms with Gasteiger partial charge >= 0.3 is 0 Å². The predicted molar refractivity (Wildman–Crippen MR) is 63.7 cm³/mol. The van der Waals surface area contributed by atoms with E-state index in [1.165, 1.54) is 19.3 Å². The van der Waals surface area contributed by atoms with Gasteiger partial charge in [-0.2, -0.15) is 0 Å². The molecule has 2 rings (SSSR count). The smallest absolute Gasteiger partial charge is 0.0496 e. The van der Waals surface area contributed by atoms with Crippen molar-refractivity contribution >= 4 is 0 Å². The second kappa shape index (κ2) is 4.69. The SMILES string of the molecule is CCOCC1CC2CC(CC=C2C)C1C. The highest BCUT2D eigenvalue weighted by molar-refractivity contribution is 5.11. The highest BCUT2D eigenvalue weighted by atomic mass is 16.5. The van der Waals surface area contributed by atoms with Crippen molar-refractivity contribution in [1.29, 1.82) is 0 Å². The fourth-order valence-electron chi connectivity index (χ4n) is 3.32. The van der Waals surface area contributed by atoms with Crippen molar-refractivity contribution in [3.8, 4) is 0 Å². The Hall–Kier alpha value is -0.300. The Labute approximate surface area is 93.9 Å². The maximum Gasteiger partial charge on any atom is 0.0496 e. The number of ether oxygens (including phenoxy) is 1. The molecule has 0 aromatic carbocycles.